The molecule has 0 spiro atoms. The van der Waals surface area contributed by atoms with Crippen molar-refractivity contribution >= 4 is 52.0 Å². The van der Waals surface area contributed by atoms with Crippen LogP contribution in [0.5, 0.6) is 0 Å². The Morgan fingerprint density at radius 1 is 1.68 bits per heavy atom. The molecule has 1 saturated heterocycles. The van der Waals surface area contributed by atoms with Crippen LogP contribution in [0.15, 0.2) is 10.6 Å². The first-order valence-corrected chi connectivity index (χ1v) is 8.06. The van der Waals surface area contributed by atoms with Gasteiger partial charge in [-0.05, 0) is 25.6 Å². The Hall–Kier alpha value is -0.730. The first-order valence-electron chi connectivity index (χ1n) is 5.79. The molecule has 0 bridgehead atoms. The second kappa shape index (κ2) is 6.15. The number of aliphatic carboxylic acids is 1. The molecular formula is C11H13NO4S3. The van der Waals surface area contributed by atoms with Crippen LogP contribution in [-0.2, 0) is 14.3 Å². The zero-order chi connectivity index (χ0) is 14.0. The fourth-order valence-electron chi connectivity index (χ4n) is 1.89. The number of amides is 1. The molecule has 1 N–H and O–H groups in total. The van der Waals surface area contributed by atoms with Gasteiger partial charge in [0.1, 0.15) is 5.70 Å². The third-order valence-corrected chi connectivity index (χ3v) is 5.27. The van der Waals surface area contributed by atoms with E-state index in [0.29, 0.717) is 29.6 Å². The summed E-state index contributed by atoms with van der Waals surface area (Å²) in [7, 11) is 0. The number of carbonyl (C=O) groups excluding carboxylic acids is 1. The largest absolute Gasteiger partial charge is 0.479 e. The fourth-order valence-corrected chi connectivity index (χ4v) is 4.46. The Labute approximate surface area is 124 Å². The number of β-lactam (4-membered cyclic amide) rings is 1. The number of hydrogen-bond donors (Lipinski definition) is 1. The van der Waals surface area contributed by atoms with E-state index in [2.05, 4.69) is 0 Å². The maximum absolute atomic E-state index is 11.4. The lowest BCUT2D eigenvalue weighted by Gasteiger charge is -2.33. The molecule has 1 unspecified atom stereocenters. The van der Waals surface area contributed by atoms with E-state index in [1.807, 2.05) is 6.92 Å². The molecule has 2 heterocycles. The van der Waals surface area contributed by atoms with E-state index in [4.69, 9.17) is 17.0 Å². The lowest BCUT2D eigenvalue weighted by Crippen LogP contribution is -2.48. The van der Waals surface area contributed by atoms with Gasteiger partial charge in [-0.25, -0.2) is 4.79 Å². The minimum atomic E-state index is -1.03. The smallest absolute Gasteiger partial charge is 0.353 e. The zero-order valence-electron chi connectivity index (χ0n) is 10.2. The average molecular weight is 319 g/mol. The van der Waals surface area contributed by atoms with Crippen molar-refractivity contribution in [3.05, 3.63) is 10.6 Å². The Morgan fingerprint density at radius 2 is 2.42 bits per heavy atom. The van der Waals surface area contributed by atoms with Crippen LogP contribution in [0.1, 0.15) is 19.8 Å². The van der Waals surface area contributed by atoms with Gasteiger partial charge in [-0.15, -0.1) is 11.8 Å². The summed E-state index contributed by atoms with van der Waals surface area (Å²) in [5, 5.41) is 9.18. The van der Waals surface area contributed by atoms with E-state index >= 15 is 0 Å². The minimum absolute atomic E-state index is 0.0163. The molecule has 1 fully saturated rings. The van der Waals surface area contributed by atoms with Crippen molar-refractivity contribution in [1.82, 2.24) is 4.90 Å². The topological polar surface area (TPSA) is 66.8 Å². The normalized spacial score (nSPS) is 21.2. The number of nitrogens with zero attached hydrogens (tertiary/aromatic N) is 1. The van der Waals surface area contributed by atoms with Crippen molar-refractivity contribution in [3.8, 4) is 0 Å². The third kappa shape index (κ3) is 3.06. The van der Waals surface area contributed by atoms with Crippen LogP contribution in [0.2, 0.25) is 0 Å². The lowest BCUT2D eigenvalue weighted by molar-refractivity contribution is -0.145. The van der Waals surface area contributed by atoms with Gasteiger partial charge in [-0.1, -0.05) is 11.8 Å². The van der Waals surface area contributed by atoms with Gasteiger partial charge < -0.3 is 9.84 Å². The maximum atomic E-state index is 11.4. The quantitative estimate of drug-likeness (QED) is 0.614. The van der Waals surface area contributed by atoms with Crippen molar-refractivity contribution < 1.29 is 19.4 Å². The van der Waals surface area contributed by atoms with Gasteiger partial charge in [-0.3, -0.25) is 9.69 Å². The summed E-state index contributed by atoms with van der Waals surface area (Å²) in [4.78, 5) is 24.8. The summed E-state index contributed by atoms with van der Waals surface area (Å²) in [6.45, 7) is 2.40. The van der Waals surface area contributed by atoms with Gasteiger partial charge in [0.25, 0.3) is 0 Å². The number of rotatable bonds is 5. The summed E-state index contributed by atoms with van der Waals surface area (Å²) >= 11 is 7.85. The third-order valence-electron chi connectivity index (χ3n) is 2.70. The molecule has 2 aliphatic rings. The molecule has 0 aromatic heterocycles. The monoisotopic (exact) mass is 319 g/mol. The number of hydrogen-bond acceptors (Lipinski definition) is 6. The van der Waals surface area contributed by atoms with Gasteiger partial charge in [0.2, 0.25) is 10.3 Å². The van der Waals surface area contributed by atoms with Crippen LogP contribution < -0.4 is 0 Å². The van der Waals surface area contributed by atoms with E-state index in [1.54, 1.807) is 0 Å². The number of allylic oxidation sites excluding steroid dienone is 1. The standard InChI is InChI=1S/C11H13NO4S3/c1-2-16-11(17)18-4-3-6-9(10(14)15)12-7(13)5-8(12)19-6/h8H,2-5H2,1H3,(H,14,15). The Bertz CT molecular complexity index is 463. The molecule has 0 aromatic rings. The van der Waals surface area contributed by atoms with Crippen LogP contribution >= 0.6 is 35.7 Å². The predicted molar refractivity (Wildman–Crippen MR) is 78.8 cm³/mol. The highest BCUT2D eigenvalue weighted by Crippen LogP contribution is 2.47. The highest BCUT2D eigenvalue weighted by molar-refractivity contribution is 8.22. The van der Waals surface area contributed by atoms with Crippen molar-refractivity contribution in [2.45, 2.75) is 25.1 Å². The molecule has 2 rings (SSSR count). The van der Waals surface area contributed by atoms with E-state index in [9.17, 15) is 14.7 Å². The van der Waals surface area contributed by atoms with Gasteiger partial charge in [0, 0.05) is 10.7 Å². The van der Waals surface area contributed by atoms with Crippen LogP contribution in [0, 0.1) is 0 Å². The molecule has 1 atom stereocenters. The summed E-state index contributed by atoms with van der Waals surface area (Å²) in [6, 6.07) is 0. The SMILES string of the molecule is CCOC(=S)SCCC1=C(C(=O)O)N2C(=O)CC2S1. The van der Waals surface area contributed by atoms with Gasteiger partial charge in [0.15, 0.2) is 0 Å². The van der Waals surface area contributed by atoms with Crippen LogP contribution in [0.25, 0.3) is 0 Å². The second-order valence-electron chi connectivity index (χ2n) is 3.90. The summed E-state index contributed by atoms with van der Waals surface area (Å²) < 4.78 is 5.62. The number of carboxylic acid groups (broad SMARTS) is 1. The van der Waals surface area contributed by atoms with E-state index in [1.165, 1.54) is 28.4 Å². The average Bonchev–Trinajstić information content (AvgIpc) is 2.62. The van der Waals surface area contributed by atoms with Crippen molar-refractivity contribution in [2.75, 3.05) is 12.4 Å². The molecule has 0 saturated carbocycles. The fraction of sp³-hybridized carbons (Fsp3) is 0.545. The number of thiocarbonyl (C=S) groups is 1. The van der Waals surface area contributed by atoms with Crippen molar-refractivity contribution in [1.29, 1.82) is 0 Å². The highest BCUT2D eigenvalue weighted by atomic mass is 32.2. The molecule has 19 heavy (non-hydrogen) atoms. The molecular weight excluding hydrogens is 306 g/mol. The minimum Gasteiger partial charge on any atom is -0.479 e. The van der Waals surface area contributed by atoms with Crippen LogP contribution in [0.3, 0.4) is 0 Å². The molecule has 104 valence electrons. The van der Waals surface area contributed by atoms with E-state index in [0.717, 1.165) is 4.91 Å². The molecule has 8 heteroatoms. The first-order chi connectivity index (χ1) is 9.04. The van der Waals surface area contributed by atoms with Gasteiger partial charge in [-0.2, -0.15) is 0 Å². The molecule has 1 amide bonds. The first kappa shape index (κ1) is 14.7. The molecule has 0 aromatic carbocycles. The Balaban J connectivity index is 1.94. The summed E-state index contributed by atoms with van der Waals surface area (Å²) in [5.41, 5.74) is 0.147. The number of carboxylic acids is 1. The second-order valence-corrected chi connectivity index (χ2v) is 6.87. The maximum Gasteiger partial charge on any atom is 0.353 e. The number of ether oxygens (including phenoxy) is 1. The molecule has 0 aliphatic carbocycles. The summed E-state index contributed by atoms with van der Waals surface area (Å²) in [6.07, 6.45) is 1.01. The van der Waals surface area contributed by atoms with Crippen LogP contribution in [0.4, 0.5) is 0 Å². The highest BCUT2D eigenvalue weighted by Gasteiger charge is 2.47. The van der Waals surface area contributed by atoms with Crippen molar-refractivity contribution in [2.24, 2.45) is 0 Å². The lowest BCUT2D eigenvalue weighted by atomic mass is 10.1. The van der Waals surface area contributed by atoms with Crippen molar-refractivity contribution in [3.63, 3.8) is 0 Å². The zero-order valence-corrected chi connectivity index (χ0v) is 12.7. The number of carbonyl (C=O) groups is 2. The molecule has 0 radical (unpaired) electrons. The molecule has 5 nitrogen and oxygen atoms in total. The van der Waals surface area contributed by atoms with Gasteiger partial charge in [0.05, 0.1) is 18.4 Å². The van der Waals surface area contributed by atoms with E-state index in [-0.39, 0.29) is 17.0 Å². The Kier molecular flexibility index (Phi) is 4.75. The number of thioether (sulfide) groups is 2. The molecule has 2 aliphatic heterocycles. The van der Waals surface area contributed by atoms with Gasteiger partial charge >= 0.3 is 5.97 Å². The summed E-state index contributed by atoms with van der Waals surface area (Å²) in [5.74, 6) is -0.481. The Morgan fingerprint density at radius 3 is 3.00 bits per heavy atom. The van der Waals surface area contributed by atoms with E-state index < -0.39 is 5.97 Å². The number of fused-ring (bicyclic) bond motifs is 1. The van der Waals surface area contributed by atoms with Crippen LogP contribution in [-0.4, -0.2) is 44.0 Å². The predicted octanol–water partition coefficient (Wildman–Crippen LogP) is 2.03.